The molecule has 1 unspecified atom stereocenters. The minimum absolute atomic E-state index is 0.138. The van der Waals surface area contributed by atoms with Gasteiger partial charge in [-0.3, -0.25) is 4.79 Å². The Balaban J connectivity index is 2.03. The summed E-state index contributed by atoms with van der Waals surface area (Å²) in [5.41, 5.74) is 6.79. The molecule has 0 saturated heterocycles. The second kappa shape index (κ2) is 5.19. The maximum Gasteiger partial charge on any atom is 0.320 e. The molecule has 0 aliphatic heterocycles. The molecule has 0 saturated carbocycles. The van der Waals surface area contributed by atoms with E-state index in [1.165, 1.54) is 4.68 Å². The van der Waals surface area contributed by atoms with Gasteiger partial charge in [-0.1, -0.05) is 5.21 Å². The molecule has 1 atom stereocenters. The Morgan fingerprint density at radius 1 is 1.58 bits per heavy atom. The highest BCUT2D eigenvalue weighted by atomic mass is 16.4. The topological polar surface area (TPSA) is 120 Å². The first-order valence-corrected chi connectivity index (χ1v) is 5.76. The van der Waals surface area contributed by atoms with Crippen molar-refractivity contribution in [2.24, 2.45) is 5.73 Å². The Hall–Kier alpha value is -2.22. The molecule has 0 aromatic carbocycles. The molecular weight excluding hydrogens is 250 g/mol. The van der Waals surface area contributed by atoms with Crippen molar-refractivity contribution >= 4 is 5.97 Å². The van der Waals surface area contributed by atoms with E-state index in [9.17, 15) is 4.79 Å². The van der Waals surface area contributed by atoms with Crippen LogP contribution in [0.4, 0.5) is 0 Å². The van der Waals surface area contributed by atoms with Crippen LogP contribution in [0.3, 0.4) is 0 Å². The lowest BCUT2D eigenvalue weighted by atomic mass is 10.2. The molecule has 2 aromatic rings. The molecule has 102 valence electrons. The van der Waals surface area contributed by atoms with Gasteiger partial charge in [0.25, 0.3) is 0 Å². The number of oxazole rings is 1. The second-order valence-electron chi connectivity index (χ2n) is 4.31. The maximum atomic E-state index is 10.6. The number of aryl methyl sites for hydroxylation is 2. The number of aliphatic carboxylic acids is 1. The van der Waals surface area contributed by atoms with E-state index < -0.39 is 12.0 Å². The second-order valence-corrected chi connectivity index (χ2v) is 4.31. The van der Waals surface area contributed by atoms with Crippen LogP contribution < -0.4 is 5.73 Å². The zero-order valence-corrected chi connectivity index (χ0v) is 10.7. The van der Waals surface area contributed by atoms with Crippen LogP contribution in [0.1, 0.15) is 23.0 Å². The summed E-state index contributed by atoms with van der Waals surface area (Å²) >= 11 is 0. The first kappa shape index (κ1) is 13.2. The predicted octanol–water partition coefficient (Wildman–Crippen LogP) is -0.114. The largest absolute Gasteiger partial charge is 0.480 e. The van der Waals surface area contributed by atoms with Crippen molar-refractivity contribution < 1.29 is 14.3 Å². The number of hydrogen-bond donors (Lipinski definition) is 2. The van der Waals surface area contributed by atoms with Gasteiger partial charge in [-0.2, -0.15) is 0 Å². The lowest BCUT2D eigenvalue weighted by Crippen LogP contribution is -2.32. The van der Waals surface area contributed by atoms with Crippen LogP contribution in [-0.2, 0) is 17.8 Å². The third-order valence-corrected chi connectivity index (χ3v) is 2.70. The molecule has 8 heteroatoms. The zero-order chi connectivity index (χ0) is 14.0. The number of hydrogen-bond acceptors (Lipinski definition) is 6. The summed E-state index contributed by atoms with van der Waals surface area (Å²) in [6.45, 7) is 4.05. The van der Waals surface area contributed by atoms with Gasteiger partial charge in [0.15, 0.2) is 0 Å². The summed E-state index contributed by atoms with van der Waals surface area (Å²) in [7, 11) is 0. The number of carboxylic acid groups (broad SMARTS) is 1. The molecule has 0 radical (unpaired) electrons. The van der Waals surface area contributed by atoms with Crippen molar-refractivity contribution in [1.29, 1.82) is 0 Å². The first-order chi connectivity index (χ1) is 8.95. The fourth-order valence-corrected chi connectivity index (χ4v) is 1.57. The number of rotatable bonds is 5. The Morgan fingerprint density at radius 3 is 2.89 bits per heavy atom. The van der Waals surface area contributed by atoms with E-state index >= 15 is 0 Å². The number of nitrogens with zero attached hydrogens (tertiary/aromatic N) is 4. The molecule has 3 N–H and O–H groups in total. The molecular formula is C11H15N5O3. The van der Waals surface area contributed by atoms with Crippen LogP contribution in [0, 0.1) is 13.8 Å². The molecule has 0 fully saturated rings. The van der Waals surface area contributed by atoms with Gasteiger partial charge in [-0.15, -0.1) is 5.10 Å². The quantitative estimate of drug-likeness (QED) is 0.773. The van der Waals surface area contributed by atoms with Crippen molar-refractivity contribution in [3.8, 4) is 0 Å². The van der Waals surface area contributed by atoms with Crippen LogP contribution >= 0.6 is 0 Å². The highest BCUT2D eigenvalue weighted by molar-refractivity contribution is 5.73. The van der Waals surface area contributed by atoms with Crippen LogP contribution in [0.2, 0.25) is 0 Å². The van der Waals surface area contributed by atoms with Crippen molar-refractivity contribution in [2.75, 3.05) is 0 Å². The fraction of sp³-hybridized carbons (Fsp3) is 0.455. The first-order valence-electron chi connectivity index (χ1n) is 5.76. The van der Waals surface area contributed by atoms with Gasteiger partial charge in [0.1, 0.15) is 18.3 Å². The van der Waals surface area contributed by atoms with Gasteiger partial charge in [0.2, 0.25) is 5.89 Å². The van der Waals surface area contributed by atoms with Gasteiger partial charge < -0.3 is 15.3 Å². The van der Waals surface area contributed by atoms with E-state index in [0.717, 1.165) is 11.5 Å². The summed E-state index contributed by atoms with van der Waals surface area (Å²) in [6, 6.07) is -0.976. The summed E-state index contributed by atoms with van der Waals surface area (Å²) in [5.74, 6) is 0.241. The standard InChI is InChI=1S/C11H15N5O3/c1-6-7(2)19-10(13-6)5-16-4-8(14-15-16)3-9(12)11(17)18/h4,9H,3,5,12H2,1-2H3,(H,17,18). The number of nitrogens with two attached hydrogens (primary N) is 1. The monoisotopic (exact) mass is 265 g/mol. The van der Waals surface area contributed by atoms with Gasteiger partial charge in [0, 0.05) is 12.6 Å². The van der Waals surface area contributed by atoms with Crippen molar-refractivity contribution in [3.63, 3.8) is 0 Å². The highest BCUT2D eigenvalue weighted by Gasteiger charge is 2.15. The zero-order valence-electron chi connectivity index (χ0n) is 10.7. The Morgan fingerprint density at radius 2 is 2.32 bits per heavy atom. The molecule has 0 aliphatic rings. The van der Waals surface area contributed by atoms with E-state index in [0.29, 0.717) is 18.1 Å². The predicted molar refractivity (Wildman–Crippen MR) is 64.4 cm³/mol. The Bertz CT molecular complexity index is 569. The summed E-state index contributed by atoms with van der Waals surface area (Å²) in [5, 5.41) is 16.5. The van der Waals surface area contributed by atoms with E-state index in [1.807, 2.05) is 13.8 Å². The van der Waals surface area contributed by atoms with Crippen LogP contribution in [0.5, 0.6) is 0 Å². The Labute approximate surface area is 109 Å². The molecule has 0 bridgehead atoms. The maximum absolute atomic E-state index is 10.6. The van der Waals surface area contributed by atoms with E-state index in [-0.39, 0.29) is 6.42 Å². The molecule has 8 nitrogen and oxygen atoms in total. The van der Waals surface area contributed by atoms with Crippen LogP contribution in [0.25, 0.3) is 0 Å². The summed E-state index contributed by atoms with van der Waals surface area (Å²) < 4.78 is 6.96. The van der Waals surface area contributed by atoms with Gasteiger partial charge in [0.05, 0.1) is 11.4 Å². The molecule has 0 spiro atoms. The number of carboxylic acids is 1. The molecule has 19 heavy (non-hydrogen) atoms. The van der Waals surface area contributed by atoms with E-state index in [2.05, 4.69) is 15.3 Å². The van der Waals surface area contributed by atoms with E-state index in [1.54, 1.807) is 6.20 Å². The smallest absolute Gasteiger partial charge is 0.320 e. The SMILES string of the molecule is Cc1nc(Cn2cc(CC(N)C(=O)O)nn2)oc1C. The minimum atomic E-state index is -1.06. The average Bonchev–Trinajstić information content (AvgIpc) is 2.87. The van der Waals surface area contributed by atoms with Gasteiger partial charge in [-0.05, 0) is 13.8 Å². The van der Waals surface area contributed by atoms with Crippen molar-refractivity contribution in [1.82, 2.24) is 20.0 Å². The van der Waals surface area contributed by atoms with E-state index in [4.69, 9.17) is 15.3 Å². The van der Waals surface area contributed by atoms with Gasteiger partial charge in [-0.25, -0.2) is 9.67 Å². The molecule has 0 amide bonds. The highest BCUT2D eigenvalue weighted by Crippen LogP contribution is 2.09. The summed E-state index contributed by atoms with van der Waals surface area (Å²) in [6.07, 6.45) is 1.77. The third-order valence-electron chi connectivity index (χ3n) is 2.70. The fourth-order valence-electron chi connectivity index (χ4n) is 1.57. The van der Waals surface area contributed by atoms with Crippen molar-refractivity contribution in [3.05, 3.63) is 29.2 Å². The van der Waals surface area contributed by atoms with Crippen molar-refractivity contribution in [2.45, 2.75) is 32.9 Å². The average molecular weight is 265 g/mol. The normalized spacial score (nSPS) is 12.6. The lowest BCUT2D eigenvalue weighted by molar-refractivity contribution is -0.138. The Kier molecular flexibility index (Phi) is 3.61. The number of aromatic nitrogens is 4. The minimum Gasteiger partial charge on any atom is -0.480 e. The molecule has 0 aliphatic carbocycles. The summed E-state index contributed by atoms with van der Waals surface area (Å²) in [4.78, 5) is 14.9. The third kappa shape index (κ3) is 3.16. The van der Waals surface area contributed by atoms with Crippen LogP contribution in [0.15, 0.2) is 10.6 Å². The molecule has 2 aromatic heterocycles. The molecule has 2 heterocycles. The number of carbonyl (C=O) groups is 1. The van der Waals surface area contributed by atoms with Gasteiger partial charge >= 0.3 is 5.97 Å². The molecule has 2 rings (SSSR count). The van der Waals surface area contributed by atoms with Crippen LogP contribution in [-0.4, -0.2) is 37.1 Å². The lowest BCUT2D eigenvalue weighted by Gasteiger charge is -2.01.